The first-order valence-electron chi connectivity index (χ1n) is 8.01. The molecule has 4 nitrogen and oxygen atoms in total. The lowest BCUT2D eigenvalue weighted by atomic mass is 10.1. The third-order valence-corrected chi connectivity index (χ3v) is 4.18. The Kier molecular flexibility index (Phi) is 4.81. The average Bonchev–Trinajstić information content (AvgIpc) is 2.61. The highest BCUT2D eigenvalue weighted by atomic mass is 16.6. The molecule has 1 fully saturated rings. The van der Waals surface area contributed by atoms with Crippen molar-refractivity contribution >= 4 is 11.8 Å². The number of hydrogen-bond donors (Lipinski definition) is 0. The van der Waals surface area contributed by atoms with Crippen LogP contribution in [0.25, 0.3) is 0 Å². The summed E-state index contributed by atoms with van der Waals surface area (Å²) in [5.41, 5.74) is 2.22. The predicted molar refractivity (Wildman–Crippen MR) is 91.5 cm³/mol. The van der Waals surface area contributed by atoms with Gasteiger partial charge < -0.3 is 14.5 Å². The number of anilines is 1. The Morgan fingerprint density at radius 2 is 1.70 bits per heavy atom. The van der Waals surface area contributed by atoms with Crippen LogP contribution in [0.3, 0.4) is 0 Å². The van der Waals surface area contributed by atoms with Crippen molar-refractivity contribution in [3.8, 4) is 0 Å². The Bertz CT molecular complexity index is 630. The van der Waals surface area contributed by atoms with Crippen molar-refractivity contribution in [3.05, 3.63) is 66.2 Å². The van der Waals surface area contributed by atoms with E-state index in [0.717, 1.165) is 12.1 Å². The molecule has 1 saturated heterocycles. The molecule has 0 bridgehead atoms. The van der Waals surface area contributed by atoms with Gasteiger partial charge >= 0.3 is 6.09 Å². The number of para-hydroxylation sites is 1. The molecule has 1 atom stereocenters. The number of rotatable bonds is 3. The molecule has 1 amide bonds. The fraction of sp³-hybridized carbons (Fsp3) is 0.316. The summed E-state index contributed by atoms with van der Waals surface area (Å²) in [6, 6.07) is 20.4. The zero-order valence-corrected chi connectivity index (χ0v) is 13.4. The van der Waals surface area contributed by atoms with Crippen LogP contribution in [0.15, 0.2) is 60.7 Å². The lowest BCUT2D eigenvalue weighted by Crippen LogP contribution is -2.53. The minimum atomic E-state index is -0.228. The molecule has 0 saturated carbocycles. The molecule has 1 aliphatic rings. The molecule has 1 aliphatic heterocycles. The number of hydrogen-bond acceptors (Lipinski definition) is 3. The van der Waals surface area contributed by atoms with Gasteiger partial charge in [-0.3, -0.25) is 0 Å². The van der Waals surface area contributed by atoms with Crippen LogP contribution >= 0.6 is 0 Å². The van der Waals surface area contributed by atoms with Crippen molar-refractivity contribution in [2.75, 3.05) is 24.5 Å². The van der Waals surface area contributed by atoms with Crippen LogP contribution in [0.1, 0.15) is 12.5 Å². The van der Waals surface area contributed by atoms with Gasteiger partial charge in [0.05, 0.1) is 0 Å². The van der Waals surface area contributed by atoms with E-state index in [0.29, 0.717) is 19.7 Å². The van der Waals surface area contributed by atoms with Crippen LogP contribution in [0.2, 0.25) is 0 Å². The van der Waals surface area contributed by atoms with E-state index in [9.17, 15) is 4.79 Å². The number of nitrogens with zero attached hydrogens (tertiary/aromatic N) is 2. The number of benzene rings is 2. The molecule has 1 unspecified atom stereocenters. The minimum absolute atomic E-state index is 0.228. The minimum Gasteiger partial charge on any atom is -0.445 e. The van der Waals surface area contributed by atoms with Gasteiger partial charge in [0.15, 0.2) is 0 Å². The molecule has 0 radical (unpaired) electrons. The molecule has 0 aromatic heterocycles. The van der Waals surface area contributed by atoms with E-state index >= 15 is 0 Å². The van der Waals surface area contributed by atoms with E-state index in [4.69, 9.17) is 4.74 Å². The highest BCUT2D eigenvalue weighted by Crippen LogP contribution is 2.20. The molecule has 4 heteroatoms. The molecule has 3 rings (SSSR count). The number of carbonyl (C=O) groups is 1. The summed E-state index contributed by atoms with van der Waals surface area (Å²) in [7, 11) is 0. The standard InChI is InChI=1S/C19H22N2O2/c1-16-14-20(12-13-21(16)18-10-6-3-7-11-18)19(22)23-15-17-8-4-2-5-9-17/h2-11,16H,12-15H2,1H3. The van der Waals surface area contributed by atoms with Crippen molar-refractivity contribution in [3.63, 3.8) is 0 Å². The van der Waals surface area contributed by atoms with Crippen LogP contribution in [-0.4, -0.2) is 36.7 Å². The van der Waals surface area contributed by atoms with Crippen molar-refractivity contribution in [1.29, 1.82) is 0 Å². The lowest BCUT2D eigenvalue weighted by molar-refractivity contribution is 0.0898. The average molecular weight is 310 g/mol. The molecule has 0 spiro atoms. The molecule has 0 N–H and O–H groups in total. The Morgan fingerprint density at radius 1 is 1.04 bits per heavy atom. The Hall–Kier alpha value is -2.49. The largest absolute Gasteiger partial charge is 0.445 e. The number of ether oxygens (including phenoxy) is 1. The van der Waals surface area contributed by atoms with E-state index in [-0.39, 0.29) is 12.1 Å². The van der Waals surface area contributed by atoms with E-state index in [1.807, 2.05) is 48.5 Å². The Balaban J connectivity index is 1.54. The van der Waals surface area contributed by atoms with Crippen LogP contribution in [0.4, 0.5) is 10.5 Å². The van der Waals surface area contributed by atoms with Gasteiger partial charge in [-0.2, -0.15) is 0 Å². The van der Waals surface area contributed by atoms with Gasteiger partial charge in [-0.15, -0.1) is 0 Å². The lowest BCUT2D eigenvalue weighted by Gasteiger charge is -2.40. The number of piperazine rings is 1. The molecule has 1 heterocycles. The van der Waals surface area contributed by atoms with Crippen molar-refractivity contribution in [2.24, 2.45) is 0 Å². The van der Waals surface area contributed by atoms with Crippen molar-refractivity contribution < 1.29 is 9.53 Å². The van der Waals surface area contributed by atoms with Crippen LogP contribution in [-0.2, 0) is 11.3 Å². The molecular weight excluding hydrogens is 288 g/mol. The second-order valence-corrected chi connectivity index (χ2v) is 5.86. The molecule has 2 aromatic rings. The molecule has 23 heavy (non-hydrogen) atoms. The van der Waals surface area contributed by atoms with Gasteiger partial charge in [-0.05, 0) is 24.6 Å². The first-order valence-corrected chi connectivity index (χ1v) is 8.01. The summed E-state index contributed by atoms with van der Waals surface area (Å²) in [4.78, 5) is 16.4. The first-order chi connectivity index (χ1) is 11.2. The van der Waals surface area contributed by atoms with E-state index in [1.165, 1.54) is 5.69 Å². The highest BCUT2D eigenvalue weighted by molar-refractivity contribution is 5.68. The fourth-order valence-electron chi connectivity index (χ4n) is 2.94. The predicted octanol–water partition coefficient (Wildman–Crippen LogP) is 3.53. The SMILES string of the molecule is CC1CN(C(=O)OCc2ccccc2)CCN1c1ccccc1. The smallest absolute Gasteiger partial charge is 0.410 e. The van der Waals surface area contributed by atoms with E-state index < -0.39 is 0 Å². The summed E-state index contributed by atoms with van der Waals surface area (Å²) in [6.45, 7) is 4.66. The van der Waals surface area contributed by atoms with Gasteiger partial charge in [0.25, 0.3) is 0 Å². The van der Waals surface area contributed by atoms with Crippen molar-refractivity contribution in [2.45, 2.75) is 19.6 Å². The molecule has 2 aromatic carbocycles. The summed E-state index contributed by atoms with van der Waals surface area (Å²) >= 11 is 0. The van der Waals surface area contributed by atoms with Gasteiger partial charge in [0.1, 0.15) is 6.61 Å². The normalized spacial score (nSPS) is 17.9. The molecule has 120 valence electrons. The van der Waals surface area contributed by atoms with Gasteiger partial charge in [-0.1, -0.05) is 48.5 Å². The fourth-order valence-corrected chi connectivity index (χ4v) is 2.94. The Morgan fingerprint density at radius 3 is 2.35 bits per heavy atom. The summed E-state index contributed by atoms with van der Waals surface area (Å²) < 4.78 is 5.43. The van der Waals surface area contributed by atoms with Crippen LogP contribution in [0, 0.1) is 0 Å². The highest BCUT2D eigenvalue weighted by Gasteiger charge is 2.27. The summed E-state index contributed by atoms with van der Waals surface area (Å²) in [5, 5.41) is 0. The second-order valence-electron chi connectivity index (χ2n) is 5.86. The molecule has 0 aliphatic carbocycles. The maximum atomic E-state index is 12.2. The maximum Gasteiger partial charge on any atom is 0.410 e. The van der Waals surface area contributed by atoms with Gasteiger partial charge in [0, 0.05) is 31.4 Å². The van der Waals surface area contributed by atoms with E-state index in [2.05, 4.69) is 24.0 Å². The monoisotopic (exact) mass is 310 g/mol. The van der Waals surface area contributed by atoms with Gasteiger partial charge in [0.2, 0.25) is 0 Å². The number of carbonyl (C=O) groups excluding carboxylic acids is 1. The second kappa shape index (κ2) is 7.18. The van der Waals surface area contributed by atoms with E-state index in [1.54, 1.807) is 4.90 Å². The summed E-state index contributed by atoms with van der Waals surface area (Å²) in [5.74, 6) is 0. The van der Waals surface area contributed by atoms with Crippen molar-refractivity contribution in [1.82, 2.24) is 4.90 Å². The van der Waals surface area contributed by atoms with Gasteiger partial charge in [-0.25, -0.2) is 4.79 Å². The van der Waals surface area contributed by atoms with Crippen LogP contribution < -0.4 is 4.90 Å². The summed E-state index contributed by atoms with van der Waals surface area (Å²) in [6.07, 6.45) is -0.228. The maximum absolute atomic E-state index is 12.2. The topological polar surface area (TPSA) is 32.8 Å². The first kappa shape index (κ1) is 15.4. The number of amides is 1. The third kappa shape index (κ3) is 3.83. The quantitative estimate of drug-likeness (QED) is 0.869. The zero-order chi connectivity index (χ0) is 16.1. The van der Waals surface area contributed by atoms with Crippen LogP contribution in [0.5, 0.6) is 0 Å². The third-order valence-electron chi connectivity index (χ3n) is 4.18. The Labute approximate surface area is 137 Å². The molecular formula is C19H22N2O2. The zero-order valence-electron chi connectivity index (χ0n) is 13.4.